The molecule has 3 nitrogen and oxygen atoms in total. The Hall–Kier alpha value is -1.31. The molecule has 86 valence electrons. The van der Waals surface area contributed by atoms with Crippen LogP contribution in [0.3, 0.4) is 0 Å². The minimum atomic E-state index is 0.314. The third-order valence-corrected chi connectivity index (χ3v) is 3.49. The van der Waals surface area contributed by atoms with E-state index in [0.29, 0.717) is 16.0 Å². The fraction of sp³-hybridized carbons (Fsp3) is 0.167. The first kappa shape index (κ1) is 12.2. The number of imidazole rings is 1. The molecular weight excluding hydrogens is 302 g/mol. The molecule has 2 rings (SSSR count). The molecule has 0 aliphatic rings. The van der Waals surface area contributed by atoms with E-state index >= 15 is 0 Å². The van der Waals surface area contributed by atoms with Crippen LogP contribution in [0.4, 0.5) is 0 Å². The molecule has 0 atom stereocenters. The van der Waals surface area contributed by atoms with Gasteiger partial charge in [-0.05, 0) is 28.1 Å². The lowest BCUT2D eigenvalue weighted by Crippen LogP contribution is -1.98. The van der Waals surface area contributed by atoms with Gasteiger partial charge in [0, 0.05) is 12.6 Å². The van der Waals surface area contributed by atoms with Crippen LogP contribution in [0.2, 0.25) is 5.02 Å². The molecule has 0 saturated heterocycles. The van der Waals surface area contributed by atoms with Crippen molar-refractivity contribution in [3.63, 3.8) is 0 Å². The summed E-state index contributed by atoms with van der Waals surface area (Å²) in [5, 5.41) is 9.41. The lowest BCUT2D eigenvalue weighted by Gasteiger charge is -2.05. The highest BCUT2D eigenvalue weighted by Gasteiger charge is 2.15. The van der Waals surface area contributed by atoms with Crippen LogP contribution in [0.5, 0.6) is 0 Å². The first-order valence-corrected chi connectivity index (χ1v) is 6.15. The molecule has 0 radical (unpaired) electrons. The van der Waals surface area contributed by atoms with E-state index in [-0.39, 0.29) is 0 Å². The molecule has 1 aromatic carbocycles. The molecule has 0 aliphatic heterocycles. The van der Waals surface area contributed by atoms with Crippen molar-refractivity contribution in [1.29, 1.82) is 5.26 Å². The van der Waals surface area contributed by atoms with Crippen LogP contribution in [0.25, 0.3) is 11.4 Å². The van der Waals surface area contributed by atoms with Crippen molar-refractivity contribution in [3.05, 3.63) is 39.6 Å². The summed E-state index contributed by atoms with van der Waals surface area (Å²) in [6.07, 6.45) is 0.314. The molecule has 0 unspecified atom stereocenters. The summed E-state index contributed by atoms with van der Waals surface area (Å²) in [6.45, 7) is 0. The average molecular weight is 311 g/mol. The molecule has 0 bridgehead atoms. The van der Waals surface area contributed by atoms with Gasteiger partial charge < -0.3 is 4.57 Å². The van der Waals surface area contributed by atoms with E-state index in [1.165, 1.54) is 0 Å². The second kappa shape index (κ2) is 4.91. The summed E-state index contributed by atoms with van der Waals surface area (Å²) in [6, 6.07) is 9.64. The van der Waals surface area contributed by atoms with Crippen LogP contribution in [-0.2, 0) is 13.5 Å². The Labute approximate surface area is 113 Å². The van der Waals surface area contributed by atoms with Crippen molar-refractivity contribution in [2.45, 2.75) is 6.42 Å². The lowest BCUT2D eigenvalue weighted by molar-refractivity contribution is 0.861. The molecule has 5 heteroatoms. The minimum Gasteiger partial charge on any atom is -0.329 e. The van der Waals surface area contributed by atoms with Gasteiger partial charge in [-0.3, -0.25) is 0 Å². The SMILES string of the molecule is Cn1c(-c2ccccc2Cl)nc(Br)c1CC#N. The number of hydrogen-bond donors (Lipinski definition) is 0. The third kappa shape index (κ3) is 2.21. The zero-order valence-electron chi connectivity index (χ0n) is 9.11. The van der Waals surface area contributed by atoms with Crippen molar-refractivity contribution < 1.29 is 0 Å². The Kier molecular flexibility index (Phi) is 3.51. The molecule has 0 N–H and O–H groups in total. The molecule has 1 aromatic heterocycles. The predicted molar refractivity (Wildman–Crippen MR) is 70.7 cm³/mol. The van der Waals surface area contributed by atoms with Crippen molar-refractivity contribution in [2.24, 2.45) is 7.05 Å². The zero-order valence-corrected chi connectivity index (χ0v) is 11.5. The maximum atomic E-state index is 8.76. The molecule has 0 saturated carbocycles. The normalized spacial score (nSPS) is 10.2. The number of nitriles is 1. The number of rotatable bonds is 2. The van der Waals surface area contributed by atoms with Crippen molar-refractivity contribution in [3.8, 4) is 17.5 Å². The maximum Gasteiger partial charge on any atom is 0.142 e. The predicted octanol–water partition coefficient (Wildman–Crippen LogP) is 3.57. The Morgan fingerprint density at radius 2 is 2.18 bits per heavy atom. The van der Waals surface area contributed by atoms with E-state index in [1.807, 2.05) is 35.9 Å². The molecule has 0 amide bonds. The van der Waals surface area contributed by atoms with Gasteiger partial charge in [-0.15, -0.1) is 0 Å². The van der Waals surface area contributed by atoms with E-state index in [2.05, 4.69) is 27.0 Å². The lowest BCUT2D eigenvalue weighted by atomic mass is 10.2. The summed E-state index contributed by atoms with van der Waals surface area (Å²) in [5.41, 5.74) is 1.71. The molecular formula is C12H9BrClN3. The van der Waals surface area contributed by atoms with Crippen molar-refractivity contribution in [1.82, 2.24) is 9.55 Å². The maximum absolute atomic E-state index is 8.76. The summed E-state index contributed by atoms with van der Waals surface area (Å²) >= 11 is 9.50. The van der Waals surface area contributed by atoms with E-state index in [1.54, 1.807) is 0 Å². The highest BCUT2D eigenvalue weighted by Crippen LogP contribution is 2.29. The number of halogens is 2. The minimum absolute atomic E-state index is 0.314. The molecule has 0 spiro atoms. The monoisotopic (exact) mass is 309 g/mol. The highest BCUT2D eigenvalue weighted by molar-refractivity contribution is 9.10. The van der Waals surface area contributed by atoms with Gasteiger partial charge in [0.05, 0.1) is 23.2 Å². The van der Waals surface area contributed by atoms with Gasteiger partial charge in [0.2, 0.25) is 0 Å². The molecule has 1 heterocycles. The smallest absolute Gasteiger partial charge is 0.142 e. The van der Waals surface area contributed by atoms with Gasteiger partial charge in [0.1, 0.15) is 10.4 Å². The van der Waals surface area contributed by atoms with Crippen LogP contribution in [0.15, 0.2) is 28.9 Å². The summed E-state index contributed by atoms with van der Waals surface area (Å²) < 4.78 is 2.57. The second-order valence-electron chi connectivity index (χ2n) is 3.55. The second-order valence-corrected chi connectivity index (χ2v) is 4.71. The molecule has 0 fully saturated rings. The molecule has 2 aromatic rings. The van der Waals surface area contributed by atoms with E-state index in [0.717, 1.165) is 17.1 Å². The van der Waals surface area contributed by atoms with E-state index in [9.17, 15) is 0 Å². The van der Waals surface area contributed by atoms with Gasteiger partial charge in [-0.1, -0.05) is 23.7 Å². The number of aromatic nitrogens is 2. The number of benzene rings is 1. The Bertz CT molecular complexity index is 598. The van der Waals surface area contributed by atoms with E-state index < -0.39 is 0 Å². The fourth-order valence-corrected chi connectivity index (χ4v) is 2.44. The average Bonchev–Trinajstić information content (AvgIpc) is 2.58. The summed E-state index contributed by atoms with van der Waals surface area (Å²) in [7, 11) is 1.88. The standard InChI is InChI=1S/C12H9BrClN3/c1-17-10(6-7-15)11(13)16-12(17)8-4-2-3-5-9(8)14/h2-5H,6H2,1H3. The van der Waals surface area contributed by atoms with Crippen LogP contribution in [0, 0.1) is 11.3 Å². The fourth-order valence-electron chi connectivity index (χ4n) is 1.65. The van der Waals surface area contributed by atoms with Crippen molar-refractivity contribution >= 4 is 27.5 Å². The summed E-state index contributed by atoms with van der Waals surface area (Å²) in [4.78, 5) is 4.40. The van der Waals surface area contributed by atoms with Gasteiger partial charge in [0.25, 0.3) is 0 Å². The number of nitrogens with zero attached hydrogens (tertiary/aromatic N) is 3. The summed E-state index contributed by atoms with van der Waals surface area (Å²) in [5.74, 6) is 0.757. The first-order chi connectivity index (χ1) is 8.15. The quantitative estimate of drug-likeness (QED) is 0.851. The van der Waals surface area contributed by atoms with Crippen LogP contribution >= 0.6 is 27.5 Å². The van der Waals surface area contributed by atoms with Crippen molar-refractivity contribution in [2.75, 3.05) is 0 Å². The Morgan fingerprint density at radius 3 is 2.82 bits per heavy atom. The third-order valence-electron chi connectivity index (χ3n) is 2.53. The highest BCUT2D eigenvalue weighted by atomic mass is 79.9. The Balaban J connectivity index is 2.59. The van der Waals surface area contributed by atoms with Gasteiger partial charge in [-0.2, -0.15) is 5.26 Å². The Morgan fingerprint density at radius 1 is 1.47 bits per heavy atom. The van der Waals surface area contributed by atoms with Crippen LogP contribution in [-0.4, -0.2) is 9.55 Å². The topological polar surface area (TPSA) is 41.6 Å². The first-order valence-electron chi connectivity index (χ1n) is 4.98. The van der Waals surface area contributed by atoms with E-state index in [4.69, 9.17) is 16.9 Å². The van der Waals surface area contributed by atoms with Gasteiger partial charge in [-0.25, -0.2) is 4.98 Å². The van der Waals surface area contributed by atoms with Gasteiger partial charge >= 0.3 is 0 Å². The zero-order chi connectivity index (χ0) is 12.4. The van der Waals surface area contributed by atoms with Crippen LogP contribution in [0.1, 0.15) is 5.69 Å². The molecule has 17 heavy (non-hydrogen) atoms. The van der Waals surface area contributed by atoms with Gasteiger partial charge in [0.15, 0.2) is 0 Å². The molecule has 0 aliphatic carbocycles. The number of hydrogen-bond acceptors (Lipinski definition) is 2. The largest absolute Gasteiger partial charge is 0.329 e. The van der Waals surface area contributed by atoms with Crippen LogP contribution < -0.4 is 0 Å².